The number of ketones is 1. The zero-order chi connectivity index (χ0) is 24.6. The van der Waals surface area contributed by atoms with Crippen molar-refractivity contribution in [3.8, 4) is 11.4 Å². The summed E-state index contributed by atoms with van der Waals surface area (Å²) in [6.45, 7) is 3.79. The molecule has 2 N–H and O–H groups in total. The summed E-state index contributed by atoms with van der Waals surface area (Å²) in [4.78, 5) is 24.5. The van der Waals surface area contributed by atoms with Crippen molar-refractivity contribution in [3.05, 3.63) is 77.1 Å². The van der Waals surface area contributed by atoms with Gasteiger partial charge in [-0.3, -0.25) is 9.59 Å². The van der Waals surface area contributed by atoms with Crippen molar-refractivity contribution in [2.75, 3.05) is 19.6 Å². The standard InChI is InChI=1S/C16H22ClNO.C11H9N3O2/c17-15-12-13(4-3-11-18-9-1-2-10-18)5-8-16(15)19-14-6-7-14;12-11(16)10(15)8-2-4-9(5-3-8)14-7-1-6-13-14/h5,8,12,14H,1-4,6-7,9-11H2;1-7H,(H2,12,16). The van der Waals surface area contributed by atoms with Crippen LogP contribution in [-0.2, 0) is 11.2 Å². The Hall–Kier alpha value is -3.16. The van der Waals surface area contributed by atoms with Crippen molar-refractivity contribution in [1.29, 1.82) is 0 Å². The van der Waals surface area contributed by atoms with Crippen LogP contribution in [0.15, 0.2) is 60.9 Å². The second-order valence-corrected chi connectivity index (χ2v) is 9.33. The van der Waals surface area contributed by atoms with Crippen LogP contribution in [0, 0.1) is 0 Å². The van der Waals surface area contributed by atoms with Crippen LogP contribution in [-0.4, -0.2) is 52.1 Å². The summed E-state index contributed by atoms with van der Waals surface area (Å²) < 4.78 is 7.41. The van der Waals surface area contributed by atoms with E-state index in [9.17, 15) is 9.59 Å². The number of halogens is 1. The molecule has 0 spiro atoms. The molecule has 1 aliphatic heterocycles. The fourth-order valence-corrected chi connectivity index (χ4v) is 4.25. The average Bonchev–Trinajstić information content (AvgIpc) is 3.28. The van der Waals surface area contributed by atoms with Crippen LogP contribution in [0.1, 0.15) is 48.0 Å². The molecule has 1 aliphatic carbocycles. The van der Waals surface area contributed by atoms with Gasteiger partial charge in [-0.05, 0) is 106 Å². The number of aryl methyl sites for hydroxylation is 1. The number of amides is 1. The molecule has 2 heterocycles. The Bertz CT molecular complexity index is 1120. The number of hydrogen-bond acceptors (Lipinski definition) is 5. The van der Waals surface area contributed by atoms with Gasteiger partial charge in [0.2, 0.25) is 5.78 Å². The smallest absolute Gasteiger partial charge is 0.289 e. The number of carbonyl (C=O) groups is 2. The van der Waals surface area contributed by atoms with Crippen LogP contribution in [0.2, 0.25) is 5.02 Å². The summed E-state index contributed by atoms with van der Waals surface area (Å²) in [5, 5.41) is 4.81. The number of Topliss-reactive ketones (excluding diaryl/α,β-unsaturated/α-hetero) is 1. The van der Waals surface area contributed by atoms with Gasteiger partial charge in [0, 0.05) is 18.0 Å². The highest BCUT2D eigenvalue weighted by Crippen LogP contribution is 2.32. The highest BCUT2D eigenvalue weighted by Gasteiger charge is 2.24. The molecular weight excluding hydrogens is 464 g/mol. The molecule has 8 heteroatoms. The highest BCUT2D eigenvalue weighted by molar-refractivity contribution is 6.42. The molecule has 5 rings (SSSR count). The van der Waals surface area contributed by atoms with Crippen molar-refractivity contribution >= 4 is 23.3 Å². The third-order valence-electron chi connectivity index (χ3n) is 6.08. The Kier molecular flexibility index (Phi) is 8.55. The van der Waals surface area contributed by atoms with Crippen molar-refractivity contribution in [2.45, 2.75) is 44.6 Å². The molecule has 0 bridgehead atoms. The average molecular weight is 495 g/mol. The van der Waals surface area contributed by atoms with Crippen LogP contribution in [0.25, 0.3) is 5.69 Å². The van der Waals surface area contributed by atoms with Gasteiger partial charge >= 0.3 is 0 Å². The van der Waals surface area contributed by atoms with Gasteiger partial charge in [0.05, 0.1) is 16.8 Å². The number of hydrogen-bond donors (Lipinski definition) is 1. The summed E-state index contributed by atoms with van der Waals surface area (Å²) in [5.74, 6) is -0.786. The SMILES string of the molecule is Clc1cc(CCCN2CCCC2)ccc1OC1CC1.NC(=O)C(=O)c1ccc(-n2cccn2)cc1. The molecule has 1 aromatic heterocycles. The molecule has 2 aromatic carbocycles. The number of carbonyl (C=O) groups excluding carboxylic acids is 2. The van der Waals surface area contributed by atoms with Gasteiger partial charge in [-0.15, -0.1) is 0 Å². The molecule has 184 valence electrons. The second-order valence-electron chi connectivity index (χ2n) is 8.93. The normalized spacial score (nSPS) is 15.3. The minimum Gasteiger partial charge on any atom is -0.489 e. The van der Waals surface area contributed by atoms with Gasteiger partial charge in [0.1, 0.15) is 5.75 Å². The first kappa shape index (κ1) is 24.9. The first-order chi connectivity index (χ1) is 17.0. The van der Waals surface area contributed by atoms with Gasteiger partial charge < -0.3 is 15.4 Å². The van der Waals surface area contributed by atoms with Gasteiger partial charge in [0.25, 0.3) is 5.91 Å². The number of benzene rings is 2. The molecule has 35 heavy (non-hydrogen) atoms. The van der Waals surface area contributed by atoms with Crippen molar-refractivity contribution in [1.82, 2.24) is 14.7 Å². The monoisotopic (exact) mass is 494 g/mol. The van der Waals surface area contributed by atoms with Crippen LogP contribution in [0.4, 0.5) is 0 Å². The number of nitrogens with two attached hydrogens (primary N) is 1. The van der Waals surface area contributed by atoms with E-state index in [1.54, 1.807) is 47.4 Å². The number of ether oxygens (including phenoxy) is 1. The van der Waals surface area contributed by atoms with E-state index in [1.165, 1.54) is 57.3 Å². The molecule has 1 saturated carbocycles. The van der Waals surface area contributed by atoms with Crippen LogP contribution >= 0.6 is 11.6 Å². The zero-order valence-electron chi connectivity index (χ0n) is 19.7. The van der Waals surface area contributed by atoms with E-state index in [0.717, 1.165) is 22.9 Å². The van der Waals surface area contributed by atoms with E-state index >= 15 is 0 Å². The van der Waals surface area contributed by atoms with E-state index in [1.807, 2.05) is 6.07 Å². The van der Waals surface area contributed by atoms with E-state index in [4.69, 9.17) is 22.1 Å². The number of rotatable bonds is 9. The van der Waals surface area contributed by atoms with Crippen LogP contribution in [0.5, 0.6) is 5.75 Å². The van der Waals surface area contributed by atoms with E-state index in [-0.39, 0.29) is 5.56 Å². The maximum absolute atomic E-state index is 11.2. The fraction of sp³-hybridized carbons (Fsp3) is 0.370. The Morgan fingerprint density at radius 3 is 2.43 bits per heavy atom. The summed E-state index contributed by atoms with van der Waals surface area (Å²) in [6.07, 6.45) is 11.3. The Balaban J connectivity index is 0.000000168. The zero-order valence-corrected chi connectivity index (χ0v) is 20.5. The Morgan fingerprint density at radius 2 is 1.83 bits per heavy atom. The lowest BCUT2D eigenvalue weighted by Gasteiger charge is -2.14. The lowest BCUT2D eigenvalue weighted by Crippen LogP contribution is -2.22. The number of nitrogens with zero attached hydrogens (tertiary/aromatic N) is 3. The highest BCUT2D eigenvalue weighted by atomic mass is 35.5. The van der Waals surface area contributed by atoms with Crippen molar-refractivity contribution < 1.29 is 14.3 Å². The molecule has 2 aliphatic rings. The lowest BCUT2D eigenvalue weighted by molar-refractivity contribution is -0.114. The number of likely N-dealkylation sites (tertiary alicyclic amines) is 1. The van der Waals surface area contributed by atoms with E-state index in [0.29, 0.717) is 6.10 Å². The Labute approximate surface area is 210 Å². The predicted molar refractivity (Wildman–Crippen MR) is 136 cm³/mol. The molecule has 0 radical (unpaired) electrons. The number of primary amides is 1. The number of aromatic nitrogens is 2. The third-order valence-corrected chi connectivity index (χ3v) is 6.37. The first-order valence-electron chi connectivity index (χ1n) is 12.1. The van der Waals surface area contributed by atoms with E-state index in [2.05, 4.69) is 22.1 Å². The molecule has 1 saturated heterocycles. The molecule has 0 unspecified atom stereocenters. The molecule has 7 nitrogen and oxygen atoms in total. The first-order valence-corrected chi connectivity index (χ1v) is 12.5. The largest absolute Gasteiger partial charge is 0.489 e. The van der Waals surface area contributed by atoms with Crippen molar-refractivity contribution in [3.63, 3.8) is 0 Å². The molecule has 2 fully saturated rings. The fourth-order valence-electron chi connectivity index (χ4n) is 4.00. The summed E-state index contributed by atoms with van der Waals surface area (Å²) in [5.41, 5.74) is 7.31. The quantitative estimate of drug-likeness (QED) is 0.350. The summed E-state index contributed by atoms with van der Waals surface area (Å²) in [6, 6.07) is 14.5. The summed E-state index contributed by atoms with van der Waals surface area (Å²) >= 11 is 6.27. The van der Waals surface area contributed by atoms with E-state index < -0.39 is 11.7 Å². The minimum atomic E-state index is -0.952. The lowest BCUT2D eigenvalue weighted by atomic mass is 10.1. The van der Waals surface area contributed by atoms with Crippen LogP contribution in [0.3, 0.4) is 0 Å². The van der Waals surface area contributed by atoms with Crippen molar-refractivity contribution in [2.24, 2.45) is 5.73 Å². The van der Waals surface area contributed by atoms with Gasteiger partial charge in [0.15, 0.2) is 0 Å². The summed E-state index contributed by atoms with van der Waals surface area (Å²) in [7, 11) is 0. The Morgan fingerprint density at radius 1 is 1.09 bits per heavy atom. The third kappa shape index (κ3) is 7.41. The minimum absolute atomic E-state index is 0.281. The van der Waals surface area contributed by atoms with Gasteiger partial charge in [-0.2, -0.15) is 5.10 Å². The molecule has 1 amide bonds. The molecule has 0 atom stereocenters. The van der Waals surface area contributed by atoms with Gasteiger partial charge in [-0.25, -0.2) is 4.68 Å². The predicted octanol–water partition coefficient (Wildman–Crippen LogP) is 4.45. The van der Waals surface area contributed by atoms with Crippen LogP contribution < -0.4 is 10.5 Å². The second kappa shape index (κ2) is 12.0. The maximum Gasteiger partial charge on any atom is 0.289 e. The topological polar surface area (TPSA) is 90.5 Å². The maximum atomic E-state index is 11.2. The molecule has 3 aromatic rings. The molecular formula is C27H31ClN4O3. The van der Waals surface area contributed by atoms with Gasteiger partial charge in [-0.1, -0.05) is 17.7 Å².